The molecule has 1 aliphatic heterocycles. The fourth-order valence-corrected chi connectivity index (χ4v) is 2.81. The molecule has 6 heteroatoms. The number of urea groups is 1. The zero-order chi connectivity index (χ0) is 16.7. The molecular weight excluding hydrogens is 294 g/mol. The molecule has 0 aliphatic carbocycles. The largest absolute Gasteiger partial charge is 0.385 e. The van der Waals surface area contributed by atoms with Crippen molar-refractivity contribution in [3.05, 3.63) is 24.3 Å². The minimum absolute atomic E-state index is 0.176. The predicted octanol–water partition coefficient (Wildman–Crippen LogP) is 2.46. The summed E-state index contributed by atoms with van der Waals surface area (Å²) in [7, 11) is 1.65. The number of nitrogens with one attached hydrogen (secondary N) is 2. The molecule has 2 amide bonds. The van der Waals surface area contributed by atoms with E-state index in [0.29, 0.717) is 13.2 Å². The van der Waals surface area contributed by atoms with Crippen LogP contribution in [0.4, 0.5) is 16.2 Å². The first-order chi connectivity index (χ1) is 11.1. The summed E-state index contributed by atoms with van der Waals surface area (Å²) in [5.41, 5.74) is 1.85. The summed E-state index contributed by atoms with van der Waals surface area (Å²) in [5, 5.41) is 5.78. The van der Waals surface area contributed by atoms with E-state index < -0.39 is 0 Å². The molecule has 1 heterocycles. The summed E-state index contributed by atoms with van der Waals surface area (Å²) in [5.74, 6) is 0. The van der Waals surface area contributed by atoms with Crippen LogP contribution in [0.1, 0.15) is 20.3 Å². The van der Waals surface area contributed by atoms with Gasteiger partial charge in [-0.1, -0.05) is 12.1 Å². The summed E-state index contributed by atoms with van der Waals surface area (Å²) >= 11 is 0. The molecule has 1 fully saturated rings. The van der Waals surface area contributed by atoms with E-state index in [0.717, 1.165) is 30.9 Å². The highest BCUT2D eigenvalue weighted by molar-refractivity contribution is 5.93. The van der Waals surface area contributed by atoms with Crippen LogP contribution in [0.15, 0.2) is 24.3 Å². The zero-order valence-electron chi connectivity index (χ0n) is 14.2. The monoisotopic (exact) mass is 321 g/mol. The van der Waals surface area contributed by atoms with Crippen molar-refractivity contribution in [2.24, 2.45) is 0 Å². The third-order valence-electron chi connectivity index (χ3n) is 3.72. The average molecular weight is 321 g/mol. The average Bonchev–Trinajstić information content (AvgIpc) is 2.51. The van der Waals surface area contributed by atoms with E-state index >= 15 is 0 Å². The van der Waals surface area contributed by atoms with Crippen molar-refractivity contribution < 1.29 is 14.3 Å². The van der Waals surface area contributed by atoms with Gasteiger partial charge in [0.05, 0.1) is 23.6 Å². The van der Waals surface area contributed by atoms with E-state index in [1.165, 1.54) is 0 Å². The summed E-state index contributed by atoms with van der Waals surface area (Å²) in [6.07, 6.45) is 1.15. The van der Waals surface area contributed by atoms with Gasteiger partial charge in [-0.25, -0.2) is 4.79 Å². The number of nitrogens with zero attached hydrogens (tertiary/aromatic N) is 1. The van der Waals surface area contributed by atoms with Crippen molar-refractivity contribution in [2.75, 3.05) is 43.6 Å². The van der Waals surface area contributed by atoms with E-state index in [-0.39, 0.29) is 18.2 Å². The second-order valence-corrected chi connectivity index (χ2v) is 5.91. The second kappa shape index (κ2) is 8.74. The topological polar surface area (TPSA) is 62.8 Å². The van der Waals surface area contributed by atoms with Crippen LogP contribution in [0.5, 0.6) is 0 Å². The van der Waals surface area contributed by atoms with Crippen LogP contribution in [-0.2, 0) is 9.47 Å². The molecule has 0 bridgehead atoms. The normalized spacial score (nSPS) is 21.1. The maximum absolute atomic E-state index is 12.0. The van der Waals surface area contributed by atoms with Crippen LogP contribution >= 0.6 is 0 Å². The number of benzene rings is 1. The number of methoxy groups -OCH3 is 1. The Labute approximate surface area is 138 Å². The van der Waals surface area contributed by atoms with Crippen LogP contribution in [0.25, 0.3) is 0 Å². The molecule has 2 N–H and O–H groups in total. The number of morpholine rings is 1. The van der Waals surface area contributed by atoms with Crippen molar-refractivity contribution in [3.63, 3.8) is 0 Å². The Hall–Kier alpha value is -1.79. The van der Waals surface area contributed by atoms with Gasteiger partial charge in [0.15, 0.2) is 0 Å². The van der Waals surface area contributed by atoms with E-state index in [2.05, 4.69) is 29.4 Å². The number of carbonyl (C=O) groups is 1. The summed E-state index contributed by atoms with van der Waals surface area (Å²) < 4.78 is 10.8. The van der Waals surface area contributed by atoms with Crippen molar-refractivity contribution in [1.29, 1.82) is 0 Å². The number of anilines is 2. The van der Waals surface area contributed by atoms with Crippen LogP contribution in [0.2, 0.25) is 0 Å². The zero-order valence-corrected chi connectivity index (χ0v) is 14.2. The molecule has 0 aromatic heterocycles. The maximum atomic E-state index is 12.0. The van der Waals surface area contributed by atoms with Crippen LogP contribution in [0.3, 0.4) is 0 Å². The lowest BCUT2D eigenvalue weighted by Crippen LogP contribution is -2.45. The molecule has 2 atom stereocenters. The van der Waals surface area contributed by atoms with Gasteiger partial charge in [-0.2, -0.15) is 0 Å². The Bertz CT molecular complexity index is 500. The fourth-order valence-electron chi connectivity index (χ4n) is 2.81. The molecule has 0 unspecified atom stereocenters. The summed E-state index contributed by atoms with van der Waals surface area (Å²) in [6, 6.07) is 7.68. The minimum atomic E-state index is -0.192. The van der Waals surface area contributed by atoms with Crippen LogP contribution in [-0.4, -0.2) is 51.6 Å². The molecule has 1 aromatic rings. The molecule has 1 aromatic carbocycles. The van der Waals surface area contributed by atoms with Gasteiger partial charge in [0, 0.05) is 33.4 Å². The molecule has 0 spiro atoms. The quantitative estimate of drug-likeness (QED) is 0.790. The number of rotatable bonds is 6. The Kier molecular flexibility index (Phi) is 6.67. The fraction of sp³-hybridized carbons (Fsp3) is 0.588. The van der Waals surface area contributed by atoms with Gasteiger partial charge >= 0.3 is 6.03 Å². The van der Waals surface area contributed by atoms with Gasteiger partial charge in [-0.05, 0) is 32.4 Å². The van der Waals surface area contributed by atoms with Gasteiger partial charge < -0.3 is 25.0 Å². The summed E-state index contributed by atoms with van der Waals surface area (Å²) in [6.45, 7) is 7.01. The highest BCUT2D eigenvalue weighted by atomic mass is 16.5. The molecule has 2 rings (SSSR count). The summed E-state index contributed by atoms with van der Waals surface area (Å²) in [4.78, 5) is 14.3. The molecule has 0 saturated carbocycles. The highest BCUT2D eigenvalue weighted by Crippen LogP contribution is 2.28. The van der Waals surface area contributed by atoms with Gasteiger partial charge in [0.2, 0.25) is 0 Å². The number of amides is 2. The lowest BCUT2D eigenvalue weighted by atomic mass is 10.1. The lowest BCUT2D eigenvalue weighted by molar-refractivity contribution is -0.00517. The predicted molar refractivity (Wildman–Crippen MR) is 92.2 cm³/mol. The first kappa shape index (κ1) is 17.6. The standard InChI is InChI=1S/C17H27N3O3/c1-13-11-20(12-14(2)23-13)16-8-5-4-7-15(16)19-17(21)18-9-6-10-22-3/h4-5,7-8,13-14H,6,9-12H2,1-3H3,(H2,18,19,21)/t13-,14-/m0/s1. The highest BCUT2D eigenvalue weighted by Gasteiger charge is 2.24. The third-order valence-corrected chi connectivity index (χ3v) is 3.72. The van der Waals surface area contributed by atoms with E-state index in [9.17, 15) is 4.79 Å². The smallest absolute Gasteiger partial charge is 0.319 e. The van der Waals surface area contributed by atoms with Crippen molar-refractivity contribution in [3.8, 4) is 0 Å². The molecule has 128 valence electrons. The van der Waals surface area contributed by atoms with E-state index in [4.69, 9.17) is 9.47 Å². The van der Waals surface area contributed by atoms with Gasteiger partial charge in [0.25, 0.3) is 0 Å². The Morgan fingerprint density at radius 1 is 1.30 bits per heavy atom. The van der Waals surface area contributed by atoms with Crippen molar-refractivity contribution >= 4 is 17.4 Å². The number of hydrogen-bond donors (Lipinski definition) is 2. The van der Waals surface area contributed by atoms with Crippen molar-refractivity contribution in [2.45, 2.75) is 32.5 Å². The lowest BCUT2D eigenvalue weighted by Gasteiger charge is -2.37. The molecule has 0 radical (unpaired) electrons. The molecular formula is C17H27N3O3. The second-order valence-electron chi connectivity index (χ2n) is 5.91. The van der Waals surface area contributed by atoms with E-state index in [1.807, 2.05) is 24.3 Å². The minimum Gasteiger partial charge on any atom is -0.385 e. The van der Waals surface area contributed by atoms with Gasteiger partial charge in [-0.3, -0.25) is 0 Å². The first-order valence-corrected chi connectivity index (χ1v) is 8.13. The maximum Gasteiger partial charge on any atom is 0.319 e. The third kappa shape index (κ3) is 5.41. The Balaban J connectivity index is 1.98. The van der Waals surface area contributed by atoms with Gasteiger partial charge in [-0.15, -0.1) is 0 Å². The molecule has 23 heavy (non-hydrogen) atoms. The Morgan fingerprint density at radius 2 is 2.00 bits per heavy atom. The molecule has 1 aliphatic rings. The molecule has 6 nitrogen and oxygen atoms in total. The van der Waals surface area contributed by atoms with Crippen LogP contribution in [0, 0.1) is 0 Å². The molecule has 1 saturated heterocycles. The van der Waals surface area contributed by atoms with Crippen molar-refractivity contribution in [1.82, 2.24) is 5.32 Å². The van der Waals surface area contributed by atoms with E-state index in [1.54, 1.807) is 7.11 Å². The number of hydrogen-bond acceptors (Lipinski definition) is 4. The number of para-hydroxylation sites is 2. The SMILES string of the molecule is COCCCNC(=O)Nc1ccccc1N1C[C@H](C)O[C@@H](C)C1. The van der Waals surface area contributed by atoms with Gasteiger partial charge in [0.1, 0.15) is 0 Å². The number of carbonyl (C=O) groups excluding carboxylic acids is 1. The number of ether oxygens (including phenoxy) is 2. The van der Waals surface area contributed by atoms with Crippen LogP contribution < -0.4 is 15.5 Å². The Morgan fingerprint density at radius 3 is 2.70 bits per heavy atom. The first-order valence-electron chi connectivity index (χ1n) is 8.13.